The summed E-state index contributed by atoms with van der Waals surface area (Å²) in [6.45, 7) is 4.64. The molecule has 4 aliphatic carbocycles. The number of carbonyl (C=O) groups excluding carboxylic acids is 5. The molecule has 0 spiro atoms. The first-order valence-corrected chi connectivity index (χ1v) is 14.1. The number of primary amides is 1. The molecule has 5 N–H and O–H groups in total. The van der Waals surface area contributed by atoms with Crippen LogP contribution in [0.3, 0.4) is 0 Å². The second-order valence-corrected chi connectivity index (χ2v) is 12.6. The number of hydrogen-bond acceptors (Lipinski definition) is 5. The van der Waals surface area contributed by atoms with Crippen LogP contribution in [0.25, 0.3) is 0 Å². The van der Waals surface area contributed by atoms with Gasteiger partial charge in [-0.05, 0) is 61.2 Å². The molecular weight excluding hydrogens is 474 g/mol. The van der Waals surface area contributed by atoms with E-state index in [0.717, 1.165) is 57.8 Å². The van der Waals surface area contributed by atoms with Crippen LogP contribution in [0, 0.1) is 29.1 Å². The lowest BCUT2D eigenvalue weighted by Crippen LogP contribution is -2.60. The van der Waals surface area contributed by atoms with E-state index >= 15 is 0 Å². The van der Waals surface area contributed by atoms with Crippen LogP contribution in [0.4, 0.5) is 4.79 Å². The van der Waals surface area contributed by atoms with Crippen molar-refractivity contribution in [1.29, 1.82) is 0 Å². The minimum Gasteiger partial charge on any atom is -0.363 e. The minimum absolute atomic E-state index is 0.0268. The zero-order chi connectivity index (χ0) is 26.5. The summed E-state index contributed by atoms with van der Waals surface area (Å²) in [5.41, 5.74) is 5.17. The largest absolute Gasteiger partial charge is 0.363 e. The van der Waals surface area contributed by atoms with Crippen molar-refractivity contribution in [2.45, 2.75) is 102 Å². The van der Waals surface area contributed by atoms with Crippen molar-refractivity contribution in [3.8, 4) is 0 Å². The van der Waals surface area contributed by atoms with Gasteiger partial charge < -0.3 is 26.6 Å². The predicted molar refractivity (Wildman–Crippen MR) is 135 cm³/mol. The molecule has 0 aromatic carbocycles. The molecule has 10 nitrogen and oxygen atoms in total. The fourth-order valence-corrected chi connectivity index (χ4v) is 6.78. The molecule has 1 aliphatic heterocycles. The maximum Gasteiger partial charge on any atom is 0.315 e. The number of ketones is 1. The maximum atomic E-state index is 14.1. The van der Waals surface area contributed by atoms with Crippen LogP contribution >= 0.6 is 0 Å². The molecule has 0 aromatic rings. The van der Waals surface area contributed by atoms with Crippen LogP contribution in [0.1, 0.15) is 78.1 Å². The molecule has 0 radical (unpaired) electrons. The molecule has 1 saturated heterocycles. The molecule has 5 amide bonds. The summed E-state index contributed by atoms with van der Waals surface area (Å²) in [4.78, 5) is 66.2. The summed E-state index contributed by atoms with van der Waals surface area (Å²) >= 11 is 0. The summed E-state index contributed by atoms with van der Waals surface area (Å²) in [5, 5.41) is 8.69. The summed E-state index contributed by atoms with van der Waals surface area (Å²) < 4.78 is 0. The standard InChI is InChI=1S/C27H41N5O5/c1-27(2)17-13-32(21(19(17)27)24(35)30-18(12-14-8-9-14)22(33)23(28)34)25(36)20(15-6-4-3-5-7-15)31-26(37)29-16-10-11-16/h14-21H,3-13H2,1-2H3,(H2,28,34)(H,30,35)(H2,29,31,37)/t17-,18?,19-,20-,21-/m0/s1. The van der Waals surface area contributed by atoms with E-state index in [0.29, 0.717) is 18.9 Å². The minimum atomic E-state index is -1.06. The lowest BCUT2D eigenvalue weighted by Gasteiger charge is -2.37. The Kier molecular flexibility index (Phi) is 6.96. The number of amides is 5. The molecule has 1 unspecified atom stereocenters. The molecule has 5 atom stereocenters. The van der Waals surface area contributed by atoms with Crippen molar-refractivity contribution >= 4 is 29.5 Å². The molecule has 10 heteroatoms. The highest BCUT2D eigenvalue weighted by Gasteiger charge is 2.69. The van der Waals surface area contributed by atoms with E-state index in [1.807, 2.05) is 0 Å². The monoisotopic (exact) mass is 515 g/mol. The molecule has 0 bridgehead atoms. The molecule has 1 heterocycles. The zero-order valence-corrected chi connectivity index (χ0v) is 22.0. The fourth-order valence-electron chi connectivity index (χ4n) is 6.78. The summed E-state index contributed by atoms with van der Waals surface area (Å²) in [6, 6.07) is -2.55. The first kappa shape index (κ1) is 26.0. The number of nitrogens with one attached hydrogen (secondary N) is 3. The Morgan fingerprint density at radius 2 is 1.62 bits per heavy atom. The number of hydrogen-bond donors (Lipinski definition) is 4. The first-order valence-electron chi connectivity index (χ1n) is 14.1. The molecule has 5 fully saturated rings. The van der Waals surface area contributed by atoms with Gasteiger partial charge in [0.25, 0.3) is 5.91 Å². The second-order valence-electron chi connectivity index (χ2n) is 12.6. The van der Waals surface area contributed by atoms with E-state index in [-0.39, 0.29) is 41.1 Å². The highest BCUT2D eigenvalue weighted by molar-refractivity contribution is 6.37. The number of piperidine rings is 1. The van der Waals surface area contributed by atoms with Crippen molar-refractivity contribution in [1.82, 2.24) is 20.9 Å². The van der Waals surface area contributed by atoms with Gasteiger partial charge in [0.05, 0.1) is 6.04 Å². The van der Waals surface area contributed by atoms with Gasteiger partial charge in [0.15, 0.2) is 0 Å². The third kappa shape index (κ3) is 5.48. The molecule has 5 aliphatic rings. The fraction of sp³-hybridized carbons (Fsp3) is 0.815. The van der Waals surface area contributed by atoms with Gasteiger partial charge in [-0.15, -0.1) is 0 Å². The Labute approximate surface area is 218 Å². The second kappa shape index (κ2) is 9.91. The van der Waals surface area contributed by atoms with Crippen molar-refractivity contribution in [3.05, 3.63) is 0 Å². The third-order valence-electron chi connectivity index (χ3n) is 9.49. The number of carbonyl (C=O) groups is 5. The van der Waals surface area contributed by atoms with Gasteiger partial charge in [-0.25, -0.2) is 4.79 Å². The molecule has 37 heavy (non-hydrogen) atoms. The number of urea groups is 1. The van der Waals surface area contributed by atoms with Crippen LogP contribution < -0.4 is 21.7 Å². The van der Waals surface area contributed by atoms with E-state index in [4.69, 9.17) is 5.73 Å². The van der Waals surface area contributed by atoms with Gasteiger partial charge in [0.2, 0.25) is 17.6 Å². The molecule has 204 valence electrons. The van der Waals surface area contributed by atoms with E-state index in [9.17, 15) is 24.0 Å². The quantitative estimate of drug-likeness (QED) is 0.323. The highest BCUT2D eigenvalue weighted by Crippen LogP contribution is 2.65. The summed E-state index contributed by atoms with van der Waals surface area (Å²) in [7, 11) is 0. The van der Waals surface area contributed by atoms with Crippen molar-refractivity contribution in [2.24, 2.45) is 34.8 Å². The van der Waals surface area contributed by atoms with Gasteiger partial charge in [-0.2, -0.15) is 0 Å². The van der Waals surface area contributed by atoms with Crippen molar-refractivity contribution < 1.29 is 24.0 Å². The van der Waals surface area contributed by atoms with E-state index in [1.165, 1.54) is 0 Å². The Hall–Kier alpha value is -2.65. The maximum absolute atomic E-state index is 14.1. The number of nitrogens with zero attached hydrogens (tertiary/aromatic N) is 1. The third-order valence-corrected chi connectivity index (χ3v) is 9.49. The average molecular weight is 516 g/mol. The normalized spacial score (nSPS) is 30.0. The van der Waals surface area contributed by atoms with Crippen LogP contribution in [0.5, 0.6) is 0 Å². The number of rotatable bonds is 10. The van der Waals surface area contributed by atoms with E-state index in [2.05, 4.69) is 29.8 Å². The van der Waals surface area contributed by atoms with E-state index in [1.54, 1.807) is 4.90 Å². The van der Waals surface area contributed by atoms with Crippen molar-refractivity contribution in [2.75, 3.05) is 6.54 Å². The Balaban J connectivity index is 1.34. The lowest BCUT2D eigenvalue weighted by atomic mass is 9.83. The SMILES string of the molecule is CC1(C)[C@@H]2[C@@H](C(=O)NC(CC3CC3)C(=O)C(N)=O)N(C(=O)[C@@H](NC(=O)NC3CC3)C3CCCCC3)C[C@@H]21. The van der Waals surface area contributed by atoms with Gasteiger partial charge >= 0.3 is 6.03 Å². The van der Waals surface area contributed by atoms with Crippen molar-refractivity contribution in [3.63, 3.8) is 0 Å². The number of likely N-dealkylation sites (tertiary alicyclic amines) is 1. The Bertz CT molecular complexity index is 968. The van der Waals surface area contributed by atoms with Gasteiger partial charge in [-0.3, -0.25) is 19.2 Å². The predicted octanol–water partition coefficient (Wildman–Crippen LogP) is 1.22. The van der Waals surface area contributed by atoms with Crippen LogP contribution in [0.2, 0.25) is 0 Å². The Morgan fingerprint density at radius 1 is 0.946 bits per heavy atom. The molecule has 0 aromatic heterocycles. The van der Waals surface area contributed by atoms with Crippen LogP contribution in [-0.4, -0.2) is 65.1 Å². The number of Topliss-reactive ketones (excluding diaryl/α,β-unsaturated/α-hetero) is 1. The highest BCUT2D eigenvalue weighted by atomic mass is 16.2. The van der Waals surface area contributed by atoms with E-state index < -0.39 is 35.7 Å². The average Bonchev–Trinajstić information content (AvgIpc) is 3.82. The summed E-state index contributed by atoms with van der Waals surface area (Å²) in [5.74, 6) is -2.01. The Morgan fingerprint density at radius 3 is 2.22 bits per heavy atom. The van der Waals surface area contributed by atoms with Crippen LogP contribution in [-0.2, 0) is 19.2 Å². The lowest BCUT2D eigenvalue weighted by molar-refractivity contribution is -0.144. The smallest absolute Gasteiger partial charge is 0.315 e. The number of fused-ring (bicyclic) bond motifs is 1. The first-order chi connectivity index (χ1) is 17.6. The molecular formula is C27H41N5O5. The topological polar surface area (TPSA) is 151 Å². The molecule has 4 saturated carbocycles. The van der Waals surface area contributed by atoms with Gasteiger partial charge in [-0.1, -0.05) is 46.0 Å². The van der Waals surface area contributed by atoms with Crippen LogP contribution in [0.15, 0.2) is 0 Å². The van der Waals surface area contributed by atoms with Gasteiger partial charge in [0.1, 0.15) is 12.1 Å². The van der Waals surface area contributed by atoms with Gasteiger partial charge in [0, 0.05) is 12.6 Å². The molecule has 5 rings (SSSR count). The zero-order valence-electron chi connectivity index (χ0n) is 22.0. The number of nitrogens with two attached hydrogens (primary N) is 1. The summed E-state index contributed by atoms with van der Waals surface area (Å²) in [6.07, 6.45) is 9.08.